The first-order valence-electron chi connectivity index (χ1n) is 6.86. The first-order chi connectivity index (χ1) is 8.81. The van der Waals surface area contributed by atoms with Crippen molar-refractivity contribution in [3.63, 3.8) is 0 Å². The third-order valence-corrected chi connectivity index (χ3v) is 4.21. The van der Waals surface area contributed by atoms with Crippen LogP contribution in [0.2, 0.25) is 0 Å². The number of aliphatic hydroxyl groups excluding tert-OH is 1. The minimum atomic E-state index is -0.171. The second-order valence-electron chi connectivity index (χ2n) is 5.58. The molecule has 0 radical (unpaired) electrons. The van der Waals surface area contributed by atoms with E-state index in [1.807, 2.05) is 0 Å². The Labute approximate surface area is 108 Å². The highest BCUT2D eigenvalue weighted by atomic mass is 16.5. The zero-order chi connectivity index (χ0) is 12.4. The first kappa shape index (κ1) is 12.2. The molecule has 2 aliphatic rings. The molecule has 18 heavy (non-hydrogen) atoms. The fourth-order valence-corrected chi connectivity index (χ4v) is 3.12. The molecule has 0 aromatic heterocycles. The van der Waals surface area contributed by atoms with Crippen LogP contribution in [0, 0.1) is 0 Å². The molecule has 1 fully saturated rings. The molecule has 2 N–H and O–H groups in total. The average Bonchev–Trinajstić information content (AvgIpc) is 3.03. The molecule has 0 saturated carbocycles. The van der Waals surface area contributed by atoms with Crippen LogP contribution in [0.1, 0.15) is 24.0 Å². The van der Waals surface area contributed by atoms with Gasteiger partial charge in [-0.1, -0.05) is 24.3 Å². The second-order valence-corrected chi connectivity index (χ2v) is 5.58. The van der Waals surface area contributed by atoms with Crippen molar-refractivity contribution in [2.45, 2.75) is 37.3 Å². The van der Waals surface area contributed by atoms with Crippen LogP contribution in [0.25, 0.3) is 0 Å². The molecule has 0 bridgehead atoms. The summed E-state index contributed by atoms with van der Waals surface area (Å²) in [5.74, 6) is 0. The van der Waals surface area contributed by atoms with Gasteiger partial charge in [-0.15, -0.1) is 0 Å². The van der Waals surface area contributed by atoms with Crippen molar-refractivity contribution in [3.8, 4) is 0 Å². The van der Waals surface area contributed by atoms with Gasteiger partial charge in [0, 0.05) is 18.7 Å². The largest absolute Gasteiger partial charge is 0.394 e. The number of hydrogen-bond acceptors (Lipinski definition) is 3. The Morgan fingerprint density at radius 2 is 2.00 bits per heavy atom. The first-order valence-corrected chi connectivity index (χ1v) is 6.86. The van der Waals surface area contributed by atoms with E-state index in [1.165, 1.54) is 17.5 Å². The number of nitrogens with one attached hydrogen (secondary N) is 1. The molecule has 0 spiro atoms. The van der Waals surface area contributed by atoms with E-state index in [0.29, 0.717) is 6.10 Å². The maximum Gasteiger partial charge on any atom is 0.0700 e. The van der Waals surface area contributed by atoms with Crippen LogP contribution in [-0.4, -0.2) is 36.5 Å². The lowest BCUT2D eigenvalue weighted by Crippen LogP contribution is -2.51. The Kier molecular flexibility index (Phi) is 3.37. The summed E-state index contributed by atoms with van der Waals surface area (Å²) in [6.45, 7) is 1.93. The molecule has 1 heterocycles. The Morgan fingerprint density at radius 1 is 1.28 bits per heavy atom. The second kappa shape index (κ2) is 5.00. The van der Waals surface area contributed by atoms with Crippen LogP contribution in [-0.2, 0) is 17.6 Å². The lowest BCUT2D eigenvalue weighted by atomic mass is 9.96. The molecule has 1 aromatic carbocycles. The molecule has 1 unspecified atom stereocenters. The van der Waals surface area contributed by atoms with Crippen molar-refractivity contribution < 1.29 is 9.84 Å². The third kappa shape index (κ3) is 2.30. The van der Waals surface area contributed by atoms with Crippen LogP contribution in [0.3, 0.4) is 0 Å². The summed E-state index contributed by atoms with van der Waals surface area (Å²) in [6.07, 6.45) is 4.48. The number of ether oxygens (including phenoxy) is 1. The molecule has 1 saturated heterocycles. The van der Waals surface area contributed by atoms with Crippen LogP contribution in [0.5, 0.6) is 0 Å². The molecule has 1 aromatic rings. The summed E-state index contributed by atoms with van der Waals surface area (Å²) in [7, 11) is 0. The lowest BCUT2D eigenvalue weighted by Gasteiger charge is -2.29. The Morgan fingerprint density at radius 3 is 2.56 bits per heavy atom. The minimum Gasteiger partial charge on any atom is -0.394 e. The summed E-state index contributed by atoms with van der Waals surface area (Å²) in [5.41, 5.74) is 2.56. The van der Waals surface area contributed by atoms with E-state index in [2.05, 4.69) is 29.6 Å². The van der Waals surface area contributed by atoms with Gasteiger partial charge in [-0.3, -0.25) is 0 Å². The highest BCUT2D eigenvalue weighted by Crippen LogP contribution is 2.30. The lowest BCUT2D eigenvalue weighted by molar-refractivity contribution is 0.0896. The zero-order valence-corrected chi connectivity index (χ0v) is 10.7. The van der Waals surface area contributed by atoms with Gasteiger partial charge < -0.3 is 15.2 Å². The summed E-state index contributed by atoms with van der Waals surface area (Å²) >= 11 is 0. The van der Waals surface area contributed by atoms with Crippen molar-refractivity contribution in [1.82, 2.24) is 5.32 Å². The summed E-state index contributed by atoms with van der Waals surface area (Å²) in [4.78, 5) is 0. The Balaban J connectivity index is 1.65. The van der Waals surface area contributed by atoms with E-state index < -0.39 is 0 Å². The smallest absolute Gasteiger partial charge is 0.0700 e. The SMILES string of the molecule is OCC1(NCC2CCCO2)Cc2ccccc2C1. The maximum absolute atomic E-state index is 9.76. The van der Waals surface area contributed by atoms with Crippen molar-refractivity contribution in [1.29, 1.82) is 0 Å². The molecular weight excluding hydrogens is 226 g/mol. The van der Waals surface area contributed by atoms with E-state index in [-0.39, 0.29) is 12.1 Å². The normalized spacial score (nSPS) is 25.3. The summed E-state index contributed by atoms with van der Waals surface area (Å²) in [5, 5.41) is 13.3. The third-order valence-electron chi connectivity index (χ3n) is 4.21. The van der Waals surface area contributed by atoms with Gasteiger partial charge in [0.15, 0.2) is 0 Å². The van der Waals surface area contributed by atoms with Crippen molar-refractivity contribution in [2.75, 3.05) is 19.8 Å². The van der Waals surface area contributed by atoms with Gasteiger partial charge in [-0.05, 0) is 36.8 Å². The van der Waals surface area contributed by atoms with E-state index in [0.717, 1.165) is 32.4 Å². The van der Waals surface area contributed by atoms with Gasteiger partial charge >= 0.3 is 0 Å². The predicted octanol–water partition coefficient (Wildman–Crippen LogP) is 1.28. The summed E-state index contributed by atoms with van der Waals surface area (Å²) in [6, 6.07) is 8.49. The van der Waals surface area contributed by atoms with Gasteiger partial charge in [0.25, 0.3) is 0 Å². The number of aliphatic hydroxyl groups is 1. The molecule has 1 atom stereocenters. The predicted molar refractivity (Wildman–Crippen MR) is 70.6 cm³/mol. The summed E-state index contributed by atoms with van der Waals surface area (Å²) < 4.78 is 5.64. The Hall–Kier alpha value is -0.900. The van der Waals surface area contributed by atoms with E-state index in [1.54, 1.807) is 0 Å². The minimum absolute atomic E-state index is 0.171. The van der Waals surface area contributed by atoms with E-state index in [4.69, 9.17) is 4.74 Å². The zero-order valence-electron chi connectivity index (χ0n) is 10.7. The van der Waals surface area contributed by atoms with Gasteiger partial charge in [0.05, 0.1) is 12.7 Å². The highest BCUT2D eigenvalue weighted by Gasteiger charge is 2.36. The molecule has 3 nitrogen and oxygen atoms in total. The van der Waals surface area contributed by atoms with Crippen molar-refractivity contribution >= 4 is 0 Å². The number of rotatable bonds is 4. The van der Waals surface area contributed by atoms with Gasteiger partial charge in [0.2, 0.25) is 0 Å². The van der Waals surface area contributed by atoms with Crippen LogP contribution in [0.15, 0.2) is 24.3 Å². The topological polar surface area (TPSA) is 41.5 Å². The van der Waals surface area contributed by atoms with Gasteiger partial charge in [-0.25, -0.2) is 0 Å². The molecule has 1 aliphatic heterocycles. The van der Waals surface area contributed by atoms with E-state index in [9.17, 15) is 5.11 Å². The van der Waals surface area contributed by atoms with Crippen molar-refractivity contribution in [3.05, 3.63) is 35.4 Å². The molecule has 0 amide bonds. The molecule has 3 rings (SSSR count). The maximum atomic E-state index is 9.76. The number of fused-ring (bicyclic) bond motifs is 1. The van der Waals surface area contributed by atoms with Crippen LogP contribution in [0.4, 0.5) is 0 Å². The number of benzene rings is 1. The molecule has 3 heteroatoms. The molecule has 1 aliphatic carbocycles. The number of hydrogen-bond donors (Lipinski definition) is 2. The molecular formula is C15H21NO2. The van der Waals surface area contributed by atoms with Crippen LogP contribution >= 0.6 is 0 Å². The quantitative estimate of drug-likeness (QED) is 0.842. The fraction of sp³-hybridized carbons (Fsp3) is 0.600. The monoisotopic (exact) mass is 247 g/mol. The van der Waals surface area contributed by atoms with E-state index >= 15 is 0 Å². The average molecular weight is 247 g/mol. The fourth-order valence-electron chi connectivity index (χ4n) is 3.12. The van der Waals surface area contributed by atoms with Crippen molar-refractivity contribution in [2.24, 2.45) is 0 Å². The van der Waals surface area contributed by atoms with Crippen LogP contribution < -0.4 is 5.32 Å². The Bertz CT molecular complexity index is 388. The molecule has 98 valence electrons. The van der Waals surface area contributed by atoms with Gasteiger partial charge in [0.1, 0.15) is 0 Å². The highest BCUT2D eigenvalue weighted by molar-refractivity contribution is 5.36. The standard InChI is InChI=1S/C15H21NO2/c17-11-15(16-10-14-6-3-7-18-14)8-12-4-1-2-5-13(12)9-15/h1-2,4-5,14,16-17H,3,6-11H2. The van der Waals surface area contributed by atoms with Gasteiger partial charge in [-0.2, -0.15) is 0 Å².